The summed E-state index contributed by atoms with van der Waals surface area (Å²) in [6.07, 6.45) is 3.15. The summed E-state index contributed by atoms with van der Waals surface area (Å²) in [5.74, 6) is 1.03. The van der Waals surface area contributed by atoms with E-state index in [-0.39, 0.29) is 12.1 Å². The van der Waals surface area contributed by atoms with E-state index in [4.69, 9.17) is 4.74 Å². The van der Waals surface area contributed by atoms with Gasteiger partial charge in [0.1, 0.15) is 5.75 Å². The van der Waals surface area contributed by atoms with Gasteiger partial charge in [0.2, 0.25) is 0 Å². The predicted octanol–water partition coefficient (Wildman–Crippen LogP) is 1.91. The summed E-state index contributed by atoms with van der Waals surface area (Å²) in [5, 5.41) is 5.83. The molecule has 1 aromatic carbocycles. The van der Waals surface area contributed by atoms with E-state index in [0.29, 0.717) is 6.54 Å². The minimum atomic E-state index is -0.0669. The van der Waals surface area contributed by atoms with Crippen LogP contribution >= 0.6 is 0 Å². The van der Waals surface area contributed by atoms with Gasteiger partial charge in [0.05, 0.1) is 6.61 Å². The second kappa shape index (κ2) is 6.24. The molecule has 2 heterocycles. The number of carbonyl (C=O) groups excluding carboxylic acids is 1. The van der Waals surface area contributed by atoms with Gasteiger partial charge in [0.15, 0.2) is 0 Å². The molecule has 1 fully saturated rings. The highest BCUT2D eigenvalue weighted by Gasteiger charge is 2.26. The number of benzene rings is 1. The molecule has 1 atom stereocenters. The highest BCUT2D eigenvalue weighted by Crippen LogP contribution is 2.34. The van der Waals surface area contributed by atoms with Crippen LogP contribution in [0.5, 0.6) is 5.75 Å². The number of nitrogens with one attached hydrogen (secondary N) is 2. The van der Waals surface area contributed by atoms with Crippen molar-refractivity contribution in [2.75, 3.05) is 31.1 Å². The number of ether oxygens (including phenoxy) is 1. The third kappa shape index (κ3) is 3.06. The first-order chi connectivity index (χ1) is 10.3. The maximum absolute atomic E-state index is 11.6. The van der Waals surface area contributed by atoms with Gasteiger partial charge in [-0.1, -0.05) is 6.07 Å². The number of fused-ring (bicyclic) bond motifs is 1. The van der Waals surface area contributed by atoms with E-state index >= 15 is 0 Å². The summed E-state index contributed by atoms with van der Waals surface area (Å²) in [7, 11) is 0. The molecule has 1 aromatic rings. The van der Waals surface area contributed by atoms with E-state index in [0.717, 1.165) is 44.7 Å². The van der Waals surface area contributed by atoms with E-state index in [2.05, 4.69) is 33.7 Å². The van der Waals surface area contributed by atoms with Crippen LogP contribution in [0, 0.1) is 0 Å². The van der Waals surface area contributed by atoms with Crippen LogP contribution in [-0.4, -0.2) is 38.3 Å². The van der Waals surface area contributed by atoms with Crippen molar-refractivity contribution in [1.29, 1.82) is 0 Å². The van der Waals surface area contributed by atoms with Crippen molar-refractivity contribution >= 4 is 11.7 Å². The molecule has 0 bridgehead atoms. The number of carbonyl (C=O) groups is 1. The van der Waals surface area contributed by atoms with Crippen LogP contribution in [0.15, 0.2) is 18.2 Å². The summed E-state index contributed by atoms with van der Waals surface area (Å²) in [6.45, 7) is 5.25. The molecule has 2 aliphatic rings. The van der Waals surface area contributed by atoms with Crippen LogP contribution in [0.2, 0.25) is 0 Å². The van der Waals surface area contributed by atoms with Crippen molar-refractivity contribution in [2.45, 2.75) is 32.2 Å². The van der Waals surface area contributed by atoms with Gasteiger partial charge in [-0.05, 0) is 38.3 Å². The molecule has 1 saturated heterocycles. The van der Waals surface area contributed by atoms with Crippen LogP contribution < -0.4 is 20.3 Å². The van der Waals surface area contributed by atoms with Gasteiger partial charge in [-0.15, -0.1) is 0 Å². The number of hydrogen-bond acceptors (Lipinski definition) is 3. The number of amides is 2. The quantitative estimate of drug-likeness (QED) is 0.893. The molecule has 2 aliphatic heterocycles. The summed E-state index contributed by atoms with van der Waals surface area (Å²) >= 11 is 0. The normalized spacial score (nSPS) is 20.6. The van der Waals surface area contributed by atoms with Gasteiger partial charge in [-0.2, -0.15) is 0 Å². The highest BCUT2D eigenvalue weighted by molar-refractivity contribution is 5.74. The van der Waals surface area contributed by atoms with Gasteiger partial charge in [0.25, 0.3) is 0 Å². The smallest absolute Gasteiger partial charge is 0.315 e. The van der Waals surface area contributed by atoms with Crippen molar-refractivity contribution in [3.05, 3.63) is 23.8 Å². The van der Waals surface area contributed by atoms with Gasteiger partial charge in [-0.3, -0.25) is 0 Å². The number of hydrogen-bond donors (Lipinski definition) is 2. The van der Waals surface area contributed by atoms with Crippen LogP contribution in [0.3, 0.4) is 0 Å². The molecule has 0 aliphatic carbocycles. The Morgan fingerprint density at radius 1 is 1.48 bits per heavy atom. The largest absolute Gasteiger partial charge is 0.493 e. The lowest BCUT2D eigenvalue weighted by molar-refractivity contribution is 0.238. The Balaban J connectivity index is 1.68. The van der Waals surface area contributed by atoms with E-state index in [9.17, 15) is 4.79 Å². The molecule has 3 rings (SSSR count). The van der Waals surface area contributed by atoms with Crippen LogP contribution in [-0.2, 0) is 6.42 Å². The first kappa shape index (κ1) is 14.0. The Hall–Kier alpha value is -1.91. The maximum Gasteiger partial charge on any atom is 0.315 e. The van der Waals surface area contributed by atoms with Gasteiger partial charge < -0.3 is 20.3 Å². The first-order valence-electron chi connectivity index (χ1n) is 7.82. The number of nitrogens with zero attached hydrogens (tertiary/aromatic N) is 1. The Bertz CT molecular complexity index is 518. The average molecular weight is 289 g/mol. The SMILES string of the molecule is CCNC(=O)N[C@H]1CCN(c2cccc3c2CCCO3)C1. The van der Waals surface area contributed by atoms with Gasteiger partial charge in [0, 0.05) is 36.9 Å². The van der Waals surface area contributed by atoms with Crippen molar-refractivity contribution < 1.29 is 9.53 Å². The molecule has 114 valence electrons. The van der Waals surface area contributed by atoms with Crippen LogP contribution in [0.25, 0.3) is 0 Å². The van der Waals surface area contributed by atoms with Crippen LogP contribution in [0.4, 0.5) is 10.5 Å². The fourth-order valence-electron chi connectivity index (χ4n) is 3.16. The van der Waals surface area contributed by atoms with E-state index in [1.807, 2.05) is 6.92 Å². The molecule has 0 spiro atoms. The third-order valence-electron chi connectivity index (χ3n) is 4.14. The van der Waals surface area contributed by atoms with E-state index in [1.54, 1.807) is 0 Å². The van der Waals surface area contributed by atoms with Crippen molar-refractivity contribution in [3.8, 4) is 5.75 Å². The zero-order valence-electron chi connectivity index (χ0n) is 12.5. The standard InChI is InChI=1S/C16H23N3O2/c1-2-17-16(20)18-12-8-9-19(11-12)14-6-3-7-15-13(14)5-4-10-21-15/h3,6-7,12H,2,4-5,8-11H2,1H3,(H2,17,18,20)/t12-/m0/s1. The zero-order valence-corrected chi connectivity index (χ0v) is 12.5. The van der Waals surface area contributed by atoms with Crippen molar-refractivity contribution in [1.82, 2.24) is 10.6 Å². The fraction of sp³-hybridized carbons (Fsp3) is 0.562. The predicted molar refractivity (Wildman–Crippen MR) is 83.1 cm³/mol. The summed E-state index contributed by atoms with van der Waals surface area (Å²) < 4.78 is 5.74. The summed E-state index contributed by atoms with van der Waals surface area (Å²) in [6, 6.07) is 6.43. The molecule has 2 amide bonds. The Morgan fingerprint density at radius 2 is 2.38 bits per heavy atom. The van der Waals surface area contributed by atoms with Crippen LogP contribution in [0.1, 0.15) is 25.3 Å². The molecule has 0 aromatic heterocycles. The Labute approximate surface area is 125 Å². The minimum Gasteiger partial charge on any atom is -0.493 e. The molecule has 21 heavy (non-hydrogen) atoms. The van der Waals surface area contributed by atoms with Gasteiger partial charge in [-0.25, -0.2) is 4.79 Å². The fourth-order valence-corrected chi connectivity index (χ4v) is 3.16. The van der Waals surface area contributed by atoms with E-state index in [1.165, 1.54) is 11.3 Å². The lowest BCUT2D eigenvalue weighted by Crippen LogP contribution is -2.43. The second-order valence-corrected chi connectivity index (χ2v) is 5.64. The number of urea groups is 1. The topological polar surface area (TPSA) is 53.6 Å². The first-order valence-corrected chi connectivity index (χ1v) is 7.82. The maximum atomic E-state index is 11.6. The average Bonchev–Trinajstić information content (AvgIpc) is 2.95. The molecule has 5 heteroatoms. The molecule has 2 N–H and O–H groups in total. The lowest BCUT2D eigenvalue weighted by Gasteiger charge is -2.26. The molecule has 0 unspecified atom stereocenters. The number of rotatable bonds is 3. The summed E-state index contributed by atoms with van der Waals surface area (Å²) in [5.41, 5.74) is 2.59. The Morgan fingerprint density at radius 3 is 3.24 bits per heavy atom. The monoisotopic (exact) mass is 289 g/mol. The highest BCUT2D eigenvalue weighted by atomic mass is 16.5. The third-order valence-corrected chi connectivity index (χ3v) is 4.14. The molecule has 0 saturated carbocycles. The Kier molecular flexibility index (Phi) is 4.18. The number of anilines is 1. The van der Waals surface area contributed by atoms with Crippen molar-refractivity contribution in [3.63, 3.8) is 0 Å². The second-order valence-electron chi connectivity index (χ2n) is 5.64. The van der Waals surface area contributed by atoms with Crippen molar-refractivity contribution in [2.24, 2.45) is 0 Å². The zero-order chi connectivity index (χ0) is 14.7. The molecular formula is C16H23N3O2. The molecular weight excluding hydrogens is 266 g/mol. The van der Waals surface area contributed by atoms with E-state index < -0.39 is 0 Å². The van der Waals surface area contributed by atoms with Gasteiger partial charge >= 0.3 is 6.03 Å². The molecule has 5 nitrogen and oxygen atoms in total. The molecule has 0 radical (unpaired) electrons. The summed E-state index contributed by atoms with van der Waals surface area (Å²) in [4.78, 5) is 14.0. The lowest BCUT2D eigenvalue weighted by atomic mass is 10.0. The minimum absolute atomic E-state index is 0.0669.